The summed E-state index contributed by atoms with van der Waals surface area (Å²) in [6.07, 6.45) is 3.51. The molecule has 0 bridgehead atoms. The van der Waals surface area contributed by atoms with E-state index in [4.69, 9.17) is 4.74 Å². The molecule has 2 saturated heterocycles. The van der Waals surface area contributed by atoms with Crippen molar-refractivity contribution >= 4 is 15.9 Å². The first kappa shape index (κ1) is 19.3. The van der Waals surface area contributed by atoms with Crippen LogP contribution in [0.25, 0.3) is 0 Å². The lowest BCUT2D eigenvalue weighted by Crippen LogP contribution is -2.46. The molecule has 26 heavy (non-hydrogen) atoms. The highest BCUT2D eigenvalue weighted by molar-refractivity contribution is 7.89. The summed E-state index contributed by atoms with van der Waals surface area (Å²) in [6.45, 7) is 5.67. The zero-order valence-corrected chi connectivity index (χ0v) is 16.3. The zero-order valence-electron chi connectivity index (χ0n) is 15.5. The van der Waals surface area contributed by atoms with Gasteiger partial charge in [-0.2, -0.15) is 4.31 Å². The predicted molar refractivity (Wildman–Crippen MR) is 99.4 cm³/mol. The van der Waals surface area contributed by atoms with E-state index in [1.54, 1.807) is 6.07 Å². The van der Waals surface area contributed by atoms with Crippen LogP contribution in [0.2, 0.25) is 0 Å². The van der Waals surface area contributed by atoms with E-state index in [2.05, 4.69) is 5.32 Å². The second-order valence-corrected chi connectivity index (χ2v) is 9.26. The highest BCUT2D eigenvalue weighted by Gasteiger charge is 2.34. The molecule has 0 aliphatic carbocycles. The molecule has 2 aliphatic heterocycles. The Bertz CT molecular complexity index is 757. The number of nitrogens with zero attached hydrogens (tertiary/aromatic N) is 1. The first-order valence-corrected chi connectivity index (χ1v) is 10.8. The van der Waals surface area contributed by atoms with Gasteiger partial charge in [0.15, 0.2) is 0 Å². The predicted octanol–water partition coefficient (Wildman–Crippen LogP) is 2.00. The minimum Gasteiger partial charge on any atom is -0.376 e. The molecule has 1 aromatic carbocycles. The Balaban J connectivity index is 1.67. The quantitative estimate of drug-likeness (QED) is 0.848. The van der Waals surface area contributed by atoms with Crippen molar-refractivity contribution in [2.24, 2.45) is 5.92 Å². The molecule has 0 spiro atoms. The summed E-state index contributed by atoms with van der Waals surface area (Å²) in [4.78, 5) is 12.8. The van der Waals surface area contributed by atoms with Crippen molar-refractivity contribution in [3.63, 3.8) is 0 Å². The molecule has 0 aromatic heterocycles. The molecule has 144 valence electrons. The second-order valence-electron chi connectivity index (χ2n) is 7.35. The maximum Gasteiger partial charge on any atom is 0.243 e. The maximum absolute atomic E-state index is 13.1. The van der Waals surface area contributed by atoms with Crippen LogP contribution < -0.4 is 5.32 Å². The van der Waals surface area contributed by atoms with Crippen molar-refractivity contribution < 1.29 is 17.9 Å². The molecular weight excluding hydrogens is 352 g/mol. The van der Waals surface area contributed by atoms with Crippen LogP contribution in [-0.4, -0.2) is 51.0 Å². The molecule has 1 aromatic rings. The molecule has 0 radical (unpaired) electrons. The second kappa shape index (κ2) is 8.06. The van der Waals surface area contributed by atoms with E-state index in [-0.39, 0.29) is 24.5 Å². The fourth-order valence-electron chi connectivity index (χ4n) is 3.66. The van der Waals surface area contributed by atoms with E-state index in [1.165, 1.54) is 4.31 Å². The van der Waals surface area contributed by atoms with E-state index in [1.807, 2.05) is 26.0 Å². The minimum atomic E-state index is -3.58. The lowest BCUT2D eigenvalue weighted by molar-refractivity contribution is -0.126. The highest BCUT2D eigenvalue weighted by atomic mass is 32.2. The molecule has 2 heterocycles. The largest absolute Gasteiger partial charge is 0.376 e. The van der Waals surface area contributed by atoms with Gasteiger partial charge < -0.3 is 10.1 Å². The number of hydrogen-bond donors (Lipinski definition) is 1. The Morgan fingerprint density at radius 3 is 2.81 bits per heavy atom. The summed E-state index contributed by atoms with van der Waals surface area (Å²) >= 11 is 0. The fraction of sp³-hybridized carbons (Fsp3) is 0.632. The molecule has 1 amide bonds. The van der Waals surface area contributed by atoms with Gasteiger partial charge in [0.1, 0.15) is 0 Å². The number of piperidine rings is 1. The van der Waals surface area contributed by atoms with Crippen LogP contribution >= 0.6 is 0 Å². The van der Waals surface area contributed by atoms with Gasteiger partial charge in [0.05, 0.1) is 16.9 Å². The van der Waals surface area contributed by atoms with Crippen LogP contribution in [0.5, 0.6) is 0 Å². The van der Waals surface area contributed by atoms with Crippen LogP contribution in [0.15, 0.2) is 23.1 Å². The molecule has 2 aliphatic rings. The monoisotopic (exact) mass is 380 g/mol. The average molecular weight is 381 g/mol. The lowest BCUT2D eigenvalue weighted by Gasteiger charge is -2.31. The van der Waals surface area contributed by atoms with E-state index < -0.39 is 10.0 Å². The lowest BCUT2D eigenvalue weighted by atomic mass is 9.99. The van der Waals surface area contributed by atoms with Crippen molar-refractivity contribution in [3.05, 3.63) is 29.3 Å². The van der Waals surface area contributed by atoms with E-state index in [9.17, 15) is 13.2 Å². The Morgan fingerprint density at radius 1 is 1.27 bits per heavy atom. The van der Waals surface area contributed by atoms with Crippen molar-refractivity contribution in [1.29, 1.82) is 0 Å². The number of rotatable bonds is 5. The van der Waals surface area contributed by atoms with Gasteiger partial charge in [-0.3, -0.25) is 4.79 Å². The van der Waals surface area contributed by atoms with E-state index in [0.717, 1.165) is 37.0 Å². The van der Waals surface area contributed by atoms with Gasteiger partial charge in [0.25, 0.3) is 0 Å². The summed E-state index contributed by atoms with van der Waals surface area (Å²) in [5.74, 6) is -0.369. The molecule has 0 unspecified atom stereocenters. The van der Waals surface area contributed by atoms with Crippen LogP contribution in [0.1, 0.15) is 36.8 Å². The summed E-state index contributed by atoms with van der Waals surface area (Å²) < 4.78 is 33.1. The van der Waals surface area contributed by atoms with Crippen LogP contribution in [0.4, 0.5) is 0 Å². The molecule has 0 saturated carbocycles. The van der Waals surface area contributed by atoms with Crippen molar-refractivity contribution in [2.45, 2.75) is 50.5 Å². The van der Waals surface area contributed by atoms with Gasteiger partial charge >= 0.3 is 0 Å². The fourth-order valence-corrected chi connectivity index (χ4v) is 5.50. The molecule has 2 fully saturated rings. The number of sulfonamides is 1. The number of nitrogens with one attached hydrogen (secondary N) is 1. The Hall–Kier alpha value is -1.44. The average Bonchev–Trinajstić information content (AvgIpc) is 3.15. The molecule has 3 rings (SSSR count). The normalized spacial score (nSPS) is 24.5. The Labute approximate surface area is 156 Å². The van der Waals surface area contributed by atoms with E-state index in [0.29, 0.717) is 24.4 Å². The van der Waals surface area contributed by atoms with Crippen molar-refractivity contribution in [3.8, 4) is 0 Å². The van der Waals surface area contributed by atoms with Crippen LogP contribution in [0, 0.1) is 19.8 Å². The Kier molecular flexibility index (Phi) is 5.99. The Morgan fingerprint density at radius 2 is 2.08 bits per heavy atom. The third-order valence-electron chi connectivity index (χ3n) is 5.24. The number of amides is 1. The van der Waals surface area contributed by atoms with E-state index >= 15 is 0 Å². The van der Waals surface area contributed by atoms with Gasteiger partial charge in [-0.1, -0.05) is 12.1 Å². The third-order valence-corrected chi connectivity index (χ3v) is 7.25. The number of carbonyl (C=O) groups is 1. The summed E-state index contributed by atoms with van der Waals surface area (Å²) in [7, 11) is -3.58. The van der Waals surface area contributed by atoms with Gasteiger partial charge in [0, 0.05) is 26.2 Å². The van der Waals surface area contributed by atoms with Gasteiger partial charge in [-0.25, -0.2) is 8.42 Å². The van der Waals surface area contributed by atoms with Crippen molar-refractivity contribution in [2.75, 3.05) is 26.2 Å². The standard InChI is InChI=1S/C19H28N2O4S/c1-14-7-8-15(2)18(11-14)26(23,24)21-9-3-5-16(13-21)19(22)20-12-17-6-4-10-25-17/h7-8,11,16-17H,3-6,9-10,12-13H2,1-2H3,(H,20,22)/t16-,17+/m0/s1. The van der Waals surface area contributed by atoms with Gasteiger partial charge in [-0.05, 0) is 56.7 Å². The SMILES string of the molecule is Cc1ccc(C)c(S(=O)(=O)N2CCC[C@H](C(=O)NC[C@H]3CCCO3)C2)c1. The first-order chi connectivity index (χ1) is 12.4. The minimum absolute atomic E-state index is 0.0682. The number of hydrogen-bond acceptors (Lipinski definition) is 4. The van der Waals surface area contributed by atoms with Crippen LogP contribution in [-0.2, 0) is 19.6 Å². The first-order valence-electron chi connectivity index (χ1n) is 9.34. The van der Waals surface area contributed by atoms with Gasteiger partial charge in [0.2, 0.25) is 15.9 Å². The number of aryl methyl sites for hydroxylation is 2. The number of carbonyl (C=O) groups excluding carboxylic acids is 1. The third kappa shape index (κ3) is 4.27. The number of benzene rings is 1. The topological polar surface area (TPSA) is 75.7 Å². The summed E-state index contributed by atoms with van der Waals surface area (Å²) in [5, 5.41) is 2.94. The molecule has 2 atom stereocenters. The number of ether oxygens (including phenoxy) is 1. The summed E-state index contributed by atoms with van der Waals surface area (Å²) in [6, 6.07) is 5.45. The maximum atomic E-state index is 13.1. The molecule has 7 heteroatoms. The molecule has 6 nitrogen and oxygen atoms in total. The molecular formula is C19H28N2O4S. The van der Waals surface area contributed by atoms with Crippen LogP contribution in [0.3, 0.4) is 0 Å². The summed E-state index contributed by atoms with van der Waals surface area (Å²) in [5.41, 5.74) is 1.65. The van der Waals surface area contributed by atoms with Crippen molar-refractivity contribution in [1.82, 2.24) is 9.62 Å². The smallest absolute Gasteiger partial charge is 0.243 e. The zero-order chi connectivity index (χ0) is 18.7. The molecule has 1 N–H and O–H groups in total. The highest BCUT2D eigenvalue weighted by Crippen LogP contribution is 2.26. The van der Waals surface area contributed by atoms with Gasteiger partial charge in [-0.15, -0.1) is 0 Å².